The molecule has 3 heterocycles. The quantitative estimate of drug-likeness (QED) is 0.809. The number of carbonyl (C=O) groups is 1. The van der Waals surface area contributed by atoms with Gasteiger partial charge in [0, 0.05) is 32.2 Å². The molecule has 7 nitrogen and oxygen atoms in total. The van der Waals surface area contributed by atoms with Crippen LogP contribution in [0.15, 0.2) is 24.3 Å². The Labute approximate surface area is 154 Å². The molecule has 26 heavy (non-hydrogen) atoms. The van der Waals surface area contributed by atoms with Crippen LogP contribution in [0.4, 0.5) is 5.69 Å². The van der Waals surface area contributed by atoms with Crippen molar-refractivity contribution in [1.82, 2.24) is 10.2 Å². The van der Waals surface area contributed by atoms with Crippen molar-refractivity contribution < 1.29 is 17.9 Å². The summed E-state index contributed by atoms with van der Waals surface area (Å²) in [6.45, 7) is 3.09. The summed E-state index contributed by atoms with van der Waals surface area (Å²) in [5, 5.41) is 3.22. The van der Waals surface area contributed by atoms with E-state index in [9.17, 15) is 13.2 Å². The molecule has 0 aliphatic carbocycles. The number of carbonyl (C=O) groups excluding carboxylic acids is 1. The van der Waals surface area contributed by atoms with E-state index in [1.54, 1.807) is 4.90 Å². The lowest BCUT2D eigenvalue weighted by molar-refractivity contribution is -0.136. The number of benzene rings is 1. The minimum atomic E-state index is -3.08. The molecule has 0 unspecified atom stereocenters. The molecule has 0 saturated carbocycles. The van der Waals surface area contributed by atoms with Crippen LogP contribution < -0.4 is 15.0 Å². The van der Waals surface area contributed by atoms with Gasteiger partial charge >= 0.3 is 0 Å². The first-order chi connectivity index (χ1) is 12.5. The molecular weight excluding hydrogens is 354 g/mol. The van der Waals surface area contributed by atoms with Gasteiger partial charge in [-0.05, 0) is 25.0 Å². The van der Waals surface area contributed by atoms with Gasteiger partial charge < -0.3 is 19.9 Å². The highest BCUT2D eigenvalue weighted by Gasteiger charge is 2.44. The van der Waals surface area contributed by atoms with Gasteiger partial charge in [-0.1, -0.05) is 12.1 Å². The Morgan fingerprint density at radius 2 is 1.92 bits per heavy atom. The Morgan fingerprint density at radius 1 is 1.15 bits per heavy atom. The number of nitrogens with one attached hydrogen (secondary N) is 1. The summed E-state index contributed by atoms with van der Waals surface area (Å²) in [7, 11) is -3.08. The van der Waals surface area contributed by atoms with Crippen molar-refractivity contribution in [3.05, 3.63) is 24.3 Å². The number of fused-ring (bicyclic) bond motifs is 1. The second-order valence-electron chi connectivity index (χ2n) is 7.24. The molecular formula is C18H25N3O4S. The fraction of sp³-hybridized carbons (Fsp3) is 0.611. The number of sulfone groups is 1. The molecule has 4 rings (SSSR count). The average molecular weight is 379 g/mol. The van der Waals surface area contributed by atoms with E-state index in [1.807, 2.05) is 24.3 Å². The number of ether oxygens (including phenoxy) is 1. The van der Waals surface area contributed by atoms with E-state index in [-0.39, 0.29) is 36.1 Å². The fourth-order valence-corrected chi connectivity index (χ4v) is 6.15. The summed E-state index contributed by atoms with van der Waals surface area (Å²) in [6.07, 6.45) is 2.34. The van der Waals surface area contributed by atoms with Crippen molar-refractivity contribution in [2.75, 3.05) is 49.2 Å². The normalized spacial score (nSPS) is 27.4. The third-order valence-electron chi connectivity index (χ3n) is 5.47. The van der Waals surface area contributed by atoms with E-state index >= 15 is 0 Å². The van der Waals surface area contributed by atoms with Gasteiger partial charge in [0.2, 0.25) is 0 Å². The number of hydrogen-bond acceptors (Lipinski definition) is 6. The summed E-state index contributed by atoms with van der Waals surface area (Å²) < 4.78 is 29.7. The van der Waals surface area contributed by atoms with E-state index in [0.717, 1.165) is 18.8 Å². The van der Waals surface area contributed by atoms with E-state index < -0.39 is 9.84 Å². The van der Waals surface area contributed by atoms with Crippen LogP contribution in [0.3, 0.4) is 0 Å². The first-order valence-corrected chi connectivity index (χ1v) is 11.1. The van der Waals surface area contributed by atoms with Crippen LogP contribution >= 0.6 is 0 Å². The molecule has 3 aliphatic heterocycles. The summed E-state index contributed by atoms with van der Waals surface area (Å²) >= 11 is 0. The molecule has 0 aromatic heterocycles. The number of anilines is 1. The van der Waals surface area contributed by atoms with Crippen molar-refractivity contribution >= 4 is 21.4 Å². The second kappa shape index (κ2) is 7.08. The second-order valence-corrected chi connectivity index (χ2v) is 9.40. The first kappa shape index (κ1) is 17.6. The molecule has 1 amide bonds. The van der Waals surface area contributed by atoms with Gasteiger partial charge in [0.15, 0.2) is 16.4 Å². The van der Waals surface area contributed by atoms with E-state index in [0.29, 0.717) is 18.8 Å². The minimum Gasteiger partial charge on any atom is -0.482 e. The fourth-order valence-electron chi connectivity index (χ4n) is 4.20. The number of rotatable bonds is 4. The lowest BCUT2D eigenvalue weighted by Gasteiger charge is -2.37. The maximum atomic E-state index is 12.7. The minimum absolute atomic E-state index is 0.0424. The SMILES string of the molecule is O=C(COc1ccccc1N1CCCC1)N1CCN[C@H]2CS(=O)(=O)C[C@H]21. The lowest BCUT2D eigenvalue weighted by atomic mass is 10.1. The van der Waals surface area contributed by atoms with Gasteiger partial charge in [-0.3, -0.25) is 4.79 Å². The Bertz CT molecular complexity index is 776. The van der Waals surface area contributed by atoms with Crippen LogP contribution in [0, 0.1) is 0 Å². The number of para-hydroxylation sites is 2. The maximum Gasteiger partial charge on any atom is 0.260 e. The van der Waals surface area contributed by atoms with Crippen LogP contribution in [0.25, 0.3) is 0 Å². The maximum absolute atomic E-state index is 12.7. The van der Waals surface area contributed by atoms with Crippen LogP contribution in [0.5, 0.6) is 5.75 Å². The number of amides is 1. The molecule has 3 saturated heterocycles. The number of nitrogens with zero attached hydrogens (tertiary/aromatic N) is 2. The third kappa shape index (κ3) is 3.53. The number of hydrogen-bond donors (Lipinski definition) is 1. The topological polar surface area (TPSA) is 79.0 Å². The summed E-state index contributed by atoms with van der Waals surface area (Å²) in [4.78, 5) is 16.7. The first-order valence-electron chi connectivity index (χ1n) is 9.23. The average Bonchev–Trinajstić information content (AvgIpc) is 3.25. The predicted octanol–water partition coefficient (Wildman–Crippen LogP) is 0.263. The molecule has 1 aromatic rings. The zero-order valence-corrected chi connectivity index (χ0v) is 15.6. The molecule has 0 bridgehead atoms. The van der Waals surface area contributed by atoms with E-state index in [2.05, 4.69) is 10.2 Å². The molecule has 0 spiro atoms. The molecule has 3 fully saturated rings. The molecule has 1 N–H and O–H groups in total. The molecule has 8 heteroatoms. The summed E-state index contributed by atoms with van der Waals surface area (Å²) in [6, 6.07) is 7.36. The van der Waals surface area contributed by atoms with Crippen molar-refractivity contribution in [3.8, 4) is 5.75 Å². The Hall–Kier alpha value is -1.80. The van der Waals surface area contributed by atoms with Crippen LogP contribution in [-0.4, -0.2) is 75.6 Å². The molecule has 1 aromatic carbocycles. The standard InChI is InChI=1S/C18H25N3O4S/c22-18(21-10-7-19-14-12-26(23,24)13-16(14)21)11-25-17-6-2-1-5-15(17)20-8-3-4-9-20/h1-2,5-6,14,16,19H,3-4,7-13H2/t14-,16+/m0/s1. The van der Waals surface area contributed by atoms with Crippen molar-refractivity contribution in [2.24, 2.45) is 0 Å². The van der Waals surface area contributed by atoms with E-state index in [1.165, 1.54) is 12.8 Å². The Morgan fingerprint density at radius 3 is 2.73 bits per heavy atom. The molecule has 142 valence electrons. The van der Waals surface area contributed by atoms with Crippen LogP contribution in [0.1, 0.15) is 12.8 Å². The van der Waals surface area contributed by atoms with Crippen LogP contribution in [0.2, 0.25) is 0 Å². The highest BCUT2D eigenvalue weighted by molar-refractivity contribution is 7.91. The van der Waals surface area contributed by atoms with Gasteiger partial charge in [0.25, 0.3) is 5.91 Å². The highest BCUT2D eigenvalue weighted by atomic mass is 32.2. The smallest absolute Gasteiger partial charge is 0.260 e. The van der Waals surface area contributed by atoms with Gasteiger partial charge in [-0.15, -0.1) is 0 Å². The van der Waals surface area contributed by atoms with Gasteiger partial charge in [0.05, 0.1) is 23.2 Å². The van der Waals surface area contributed by atoms with Crippen molar-refractivity contribution in [3.63, 3.8) is 0 Å². The molecule has 0 radical (unpaired) electrons. The highest BCUT2D eigenvalue weighted by Crippen LogP contribution is 2.31. The van der Waals surface area contributed by atoms with E-state index in [4.69, 9.17) is 4.74 Å². The van der Waals surface area contributed by atoms with Crippen LogP contribution in [-0.2, 0) is 14.6 Å². The zero-order chi connectivity index (χ0) is 18.1. The monoisotopic (exact) mass is 379 g/mol. The third-order valence-corrected chi connectivity index (χ3v) is 7.18. The predicted molar refractivity (Wildman–Crippen MR) is 99.3 cm³/mol. The van der Waals surface area contributed by atoms with Gasteiger partial charge in [-0.25, -0.2) is 8.42 Å². The van der Waals surface area contributed by atoms with Crippen molar-refractivity contribution in [2.45, 2.75) is 24.9 Å². The van der Waals surface area contributed by atoms with Gasteiger partial charge in [-0.2, -0.15) is 0 Å². The summed E-state index contributed by atoms with van der Waals surface area (Å²) in [5.74, 6) is 0.726. The Balaban J connectivity index is 1.43. The molecule has 3 aliphatic rings. The van der Waals surface area contributed by atoms with Gasteiger partial charge in [0.1, 0.15) is 5.75 Å². The number of piperazine rings is 1. The lowest BCUT2D eigenvalue weighted by Crippen LogP contribution is -2.59. The zero-order valence-electron chi connectivity index (χ0n) is 14.8. The Kier molecular flexibility index (Phi) is 4.79. The summed E-state index contributed by atoms with van der Waals surface area (Å²) in [5.41, 5.74) is 1.03. The van der Waals surface area contributed by atoms with Crippen molar-refractivity contribution in [1.29, 1.82) is 0 Å². The largest absolute Gasteiger partial charge is 0.482 e. The molecule has 2 atom stereocenters.